The van der Waals surface area contributed by atoms with E-state index in [-0.39, 0.29) is 18.3 Å². The summed E-state index contributed by atoms with van der Waals surface area (Å²) in [6.07, 6.45) is -0.175. The summed E-state index contributed by atoms with van der Waals surface area (Å²) in [4.78, 5) is 11.3. The van der Waals surface area contributed by atoms with Gasteiger partial charge in [0.1, 0.15) is 18.5 Å². The van der Waals surface area contributed by atoms with Gasteiger partial charge < -0.3 is 19.9 Å². The highest BCUT2D eigenvalue weighted by molar-refractivity contribution is 6.31. The molecule has 104 valence electrons. The Bertz CT molecular complexity index is 490. The quantitative estimate of drug-likeness (QED) is 0.918. The smallest absolute Gasteiger partial charge is 0.252 e. The zero-order valence-electron chi connectivity index (χ0n) is 10.8. The Morgan fingerprint density at radius 2 is 2.32 bits per heavy atom. The maximum Gasteiger partial charge on any atom is 0.252 e. The molecule has 0 unspecified atom stereocenters. The molecule has 1 aromatic rings. The molecule has 1 atom stereocenters. The van der Waals surface area contributed by atoms with E-state index in [1.807, 2.05) is 13.8 Å². The Hall–Kier alpha value is -1.30. The number of hydrogen-bond donors (Lipinski definition) is 1. The van der Waals surface area contributed by atoms with Crippen LogP contribution in [-0.4, -0.2) is 31.0 Å². The number of carbonyl (C=O) groups excluding carboxylic acids is 1. The number of amides is 1. The van der Waals surface area contributed by atoms with Crippen molar-refractivity contribution in [3.8, 4) is 5.75 Å². The minimum Gasteiger partial charge on any atom is -0.490 e. The summed E-state index contributed by atoms with van der Waals surface area (Å²) in [7, 11) is 0. The van der Waals surface area contributed by atoms with Gasteiger partial charge in [-0.1, -0.05) is 11.6 Å². The summed E-state index contributed by atoms with van der Waals surface area (Å²) in [6.45, 7) is 4.41. The van der Waals surface area contributed by atoms with Crippen molar-refractivity contribution in [1.82, 2.24) is 0 Å². The molecule has 2 rings (SSSR count). The van der Waals surface area contributed by atoms with E-state index in [9.17, 15) is 4.79 Å². The Labute approximate surface area is 116 Å². The van der Waals surface area contributed by atoms with E-state index in [0.29, 0.717) is 17.4 Å². The first kappa shape index (κ1) is 14.1. The van der Waals surface area contributed by atoms with Crippen LogP contribution in [-0.2, 0) is 9.47 Å². The van der Waals surface area contributed by atoms with Gasteiger partial charge in [0.15, 0.2) is 5.79 Å². The second kappa shape index (κ2) is 5.36. The van der Waals surface area contributed by atoms with Gasteiger partial charge in [-0.05, 0) is 32.0 Å². The lowest BCUT2D eigenvalue weighted by Crippen LogP contribution is -2.25. The fraction of sp³-hybridized carbons (Fsp3) is 0.462. The summed E-state index contributed by atoms with van der Waals surface area (Å²) in [5, 5.41) is 0.433. The van der Waals surface area contributed by atoms with Crippen LogP contribution in [0, 0.1) is 0 Å². The van der Waals surface area contributed by atoms with Gasteiger partial charge >= 0.3 is 0 Å². The van der Waals surface area contributed by atoms with E-state index in [1.54, 1.807) is 12.1 Å². The number of carbonyl (C=O) groups is 1. The first-order chi connectivity index (χ1) is 8.87. The van der Waals surface area contributed by atoms with Crippen LogP contribution in [0.3, 0.4) is 0 Å². The molecule has 0 spiro atoms. The predicted molar refractivity (Wildman–Crippen MR) is 70.4 cm³/mol. The van der Waals surface area contributed by atoms with E-state index >= 15 is 0 Å². The second-order valence-electron chi connectivity index (χ2n) is 4.77. The molecule has 2 N–H and O–H groups in total. The summed E-state index contributed by atoms with van der Waals surface area (Å²) in [5.41, 5.74) is 5.53. The number of primary amides is 1. The molecule has 0 bridgehead atoms. The molecule has 1 amide bonds. The minimum atomic E-state index is -0.597. The Balaban J connectivity index is 2.02. The van der Waals surface area contributed by atoms with Crippen LogP contribution in [0.4, 0.5) is 0 Å². The second-order valence-corrected chi connectivity index (χ2v) is 5.20. The molecule has 1 saturated heterocycles. The number of ether oxygens (including phenoxy) is 3. The average molecular weight is 286 g/mol. The third kappa shape index (κ3) is 3.59. The number of rotatable bonds is 4. The molecular weight excluding hydrogens is 270 g/mol. The normalized spacial score (nSPS) is 21.3. The highest BCUT2D eigenvalue weighted by Gasteiger charge is 2.33. The van der Waals surface area contributed by atoms with Crippen LogP contribution >= 0.6 is 11.6 Å². The number of hydrogen-bond acceptors (Lipinski definition) is 4. The third-order valence-corrected chi connectivity index (χ3v) is 2.93. The molecule has 6 heteroatoms. The van der Waals surface area contributed by atoms with Gasteiger partial charge in [0, 0.05) is 5.02 Å². The number of benzene rings is 1. The van der Waals surface area contributed by atoms with Gasteiger partial charge in [-0.15, -0.1) is 0 Å². The average Bonchev–Trinajstić information content (AvgIpc) is 2.67. The summed E-state index contributed by atoms with van der Waals surface area (Å²) in [6, 6.07) is 4.73. The van der Waals surface area contributed by atoms with Gasteiger partial charge in [0.2, 0.25) is 0 Å². The van der Waals surface area contributed by atoms with Crippen molar-refractivity contribution in [2.75, 3.05) is 13.2 Å². The first-order valence-corrected chi connectivity index (χ1v) is 6.29. The lowest BCUT2D eigenvalue weighted by molar-refractivity contribution is -0.141. The summed E-state index contributed by atoms with van der Waals surface area (Å²) in [5.74, 6) is -0.785. The van der Waals surface area contributed by atoms with Crippen LogP contribution in [0.5, 0.6) is 5.75 Å². The van der Waals surface area contributed by atoms with Gasteiger partial charge in [-0.25, -0.2) is 0 Å². The Kier molecular flexibility index (Phi) is 3.99. The molecule has 0 aromatic heterocycles. The Morgan fingerprint density at radius 3 is 2.89 bits per heavy atom. The highest BCUT2D eigenvalue weighted by atomic mass is 35.5. The first-order valence-electron chi connectivity index (χ1n) is 5.91. The lowest BCUT2D eigenvalue weighted by atomic mass is 10.2. The molecule has 1 aliphatic rings. The molecule has 1 aromatic carbocycles. The van der Waals surface area contributed by atoms with E-state index in [0.717, 1.165) is 0 Å². The van der Waals surface area contributed by atoms with Crippen LogP contribution in [0.1, 0.15) is 24.2 Å². The fourth-order valence-electron chi connectivity index (χ4n) is 1.85. The SMILES string of the molecule is CC1(C)OC[C@H](COc2ccc(Cl)cc2C(N)=O)O1. The molecule has 5 nitrogen and oxygen atoms in total. The number of nitrogens with two attached hydrogens (primary N) is 1. The molecule has 1 fully saturated rings. The van der Waals surface area contributed by atoms with E-state index in [1.165, 1.54) is 6.07 Å². The fourth-order valence-corrected chi connectivity index (χ4v) is 2.02. The van der Waals surface area contributed by atoms with Gasteiger partial charge in [-0.2, -0.15) is 0 Å². The molecular formula is C13H16ClNO4. The van der Waals surface area contributed by atoms with E-state index < -0.39 is 11.7 Å². The largest absolute Gasteiger partial charge is 0.490 e. The Morgan fingerprint density at radius 1 is 1.58 bits per heavy atom. The van der Waals surface area contributed by atoms with E-state index in [2.05, 4.69) is 0 Å². The standard InChI is InChI=1S/C13H16ClNO4/c1-13(2)18-7-9(19-13)6-17-11-4-3-8(14)5-10(11)12(15)16/h3-5,9H,6-7H2,1-2H3,(H2,15,16)/t9-/m0/s1. The van der Waals surface area contributed by atoms with Gasteiger partial charge in [0.05, 0.1) is 12.2 Å². The van der Waals surface area contributed by atoms with Crippen molar-refractivity contribution in [3.05, 3.63) is 28.8 Å². The van der Waals surface area contributed by atoms with Crippen LogP contribution in [0.2, 0.25) is 5.02 Å². The molecule has 1 aliphatic heterocycles. The summed E-state index contributed by atoms with van der Waals surface area (Å²) < 4.78 is 16.6. The predicted octanol–water partition coefficient (Wildman–Crippen LogP) is 1.97. The lowest BCUT2D eigenvalue weighted by Gasteiger charge is -2.17. The van der Waals surface area contributed by atoms with Crippen molar-refractivity contribution in [3.63, 3.8) is 0 Å². The van der Waals surface area contributed by atoms with Crippen molar-refractivity contribution in [2.45, 2.75) is 25.7 Å². The van der Waals surface area contributed by atoms with Crippen molar-refractivity contribution >= 4 is 17.5 Å². The van der Waals surface area contributed by atoms with Crippen LogP contribution in [0.25, 0.3) is 0 Å². The molecule has 0 saturated carbocycles. The third-order valence-electron chi connectivity index (χ3n) is 2.70. The molecule has 1 heterocycles. The maximum absolute atomic E-state index is 11.3. The van der Waals surface area contributed by atoms with Crippen LogP contribution < -0.4 is 10.5 Å². The highest BCUT2D eigenvalue weighted by Crippen LogP contribution is 2.25. The van der Waals surface area contributed by atoms with Crippen LogP contribution in [0.15, 0.2) is 18.2 Å². The van der Waals surface area contributed by atoms with Crippen molar-refractivity contribution in [1.29, 1.82) is 0 Å². The monoisotopic (exact) mass is 285 g/mol. The molecule has 0 radical (unpaired) electrons. The van der Waals surface area contributed by atoms with Gasteiger partial charge in [0.25, 0.3) is 5.91 Å². The zero-order chi connectivity index (χ0) is 14.0. The topological polar surface area (TPSA) is 70.8 Å². The minimum absolute atomic E-state index is 0.175. The maximum atomic E-state index is 11.3. The van der Waals surface area contributed by atoms with Gasteiger partial charge in [-0.3, -0.25) is 4.79 Å². The molecule has 19 heavy (non-hydrogen) atoms. The van der Waals surface area contributed by atoms with Crippen molar-refractivity contribution < 1.29 is 19.0 Å². The molecule has 0 aliphatic carbocycles. The number of halogens is 1. The summed E-state index contributed by atoms with van der Waals surface area (Å²) >= 11 is 5.82. The van der Waals surface area contributed by atoms with Crippen molar-refractivity contribution in [2.24, 2.45) is 5.73 Å². The zero-order valence-corrected chi connectivity index (χ0v) is 11.6. The van der Waals surface area contributed by atoms with E-state index in [4.69, 9.17) is 31.5 Å².